The Morgan fingerprint density at radius 1 is 1.50 bits per heavy atom. The van der Waals surface area contributed by atoms with Crippen LogP contribution in [0.4, 0.5) is 0 Å². The number of benzene rings is 1. The van der Waals surface area contributed by atoms with Crippen molar-refractivity contribution < 1.29 is 5.11 Å². The molecule has 12 heavy (non-hydrogen) atoms. The number of aryl methyl sites for hydroxylation is 1. The van der Waals surface area contributed by atoms with Gasteiger partial charge in [0.1, 0.15) is 5.75 Å². The van der Waals surface area contributed by atoms with Crippen LogP contribution in [-0.2, 0) is 6.54 Å². The number of phenolic OH excluding ortho intramolecular Hbond substituents is 1. The average Bonchev–Trinajstić information content (AvgIpc) is 1.96. The minimum atomic E-state index is 0. The fourth-order valence-corrected chi connectivity index (χ4v) is 1.26. The zero-order valence-corrected chi connectivity index (χ0v) is 8.25. The predicted octanol–water partition coefficient (Wildman–Crippen LogP) is 2.23. The van der Waals surface area contributed by atoms with Crippen molar-refractivity contribution in [1.82, 2.24) is 0 Å². The lowest BCUT2D eigenvalue weighted by atomic mass is 10.1. The molecule has 0 aliphatic carbocycles. The molecule has 0 aliphatic heterocycles. The van der Waals surface area contributed by atoms with E-state index in [1.165, 1.54) is 0 Å². The first kappa shape index (κ1) is 11.6. The molecular weight excluding hydrogens is 197 g/mol. The Labute approximate surface area is 82.8 Å². The summed E-state index contributed by atoms with van der Waals surface area (Å²) in [6.45, 7) is 2.10. The zero-order valence-electron chi connectivity index (χ0n) is 6.67. The van der Waals surface area contributed by atoms with Crippen molar-refractivity contribution in [1.29, 1.82) is 0 Å². The summed E-state index contributed by atoms with van der Waals surface area (Å²) in [5.41, 5.74) is 6.82. The first-order valence-electron chi connectivity index (χ1n) is 3.33. The van der Waals surface area contributed by atoms with E-state index in [0.717, 1.165) is 5.56 Å². The van der Waals surface area contributed by atoms with E-state index < -0.39 is 0 Å². The third-order valence-corrected chi connectivity index (χ3v) is 1.78. The number of phenols is 1. The molecule has 3 N–H and O–H groups in total. The lowest BCUT2D eigenvalue weighted by Crippen LogP contribution is -1.97. The van der Waals surface area contributed by atoms with Gasteiger partial charge in [0.2, 0.25) is 0 Å². The molecule has 4 heteroatoms. The molecule has 0 unspecified atom stereocenters. The molecule has 2 nitrogen and oxygen atoms in total. The van der Waals surface area contributed by atoms with E-state index >= 15 is 0 Å². The summed E-state index contributed by atoms with van der Waals surface area (Å²) in [6.07, 6.45) is 0. The number of aromatic hydroxyl groups is 1. The van der Waals surface area contributed by atoms with Crippen LogP contribution in [0.5, 0.6) is 5.75 Å². The molecule has 0 amide bonds. The fraction of sp³-hybridized carbons (Fsp3) is 0.250. The second kappa shape index (κ2) is 4.55. The summed E-state index contributed by atoms with van der Waals surface area (Å²) < 4.78 is 0. The van der Waals surface area contributed by atoms with Crippen molar-refractivity contribution in [3.05, 3.63) is 28.3 Å². The highest BCUT2D eigenvalue weighted by Crippen LogP contribution is 2.25. The van der Waals surface area contributed by atoms with Gasteiger partial charge in [0.15, 0.2) is 0 Å². The Hall–Kier alpha value is -0.440. The maximum atomic E-state index is 9.38. The second-order valence-electron chi connectivity index (χ2n) is 2.43. The topological polar surface area (TPSA) is 46.2 Å². The van der Waals surface area contributed by atoms with Crippen molar-refractivity contribution in [2.45, 2.75) is 13.5 Å². The molecule has 0 heterocycles. The largest absolute Gasteiger partial charge is 0.507 e. The third-order valence-electron chi connectivity index (χ3n) is 1.56. The van der Waals surface area contributed by atoms with Gasteiger partial charge in [0.05, 0.1) is 0 Å². The minimum Gasteiger partial charge on any atom is -0.507 e. The molecule has 0 aromatic heterocycles. The normalized spacial score (nSPS) is 9.25. The lowest BCUT2D eigenvalue weighted by molar-refractivity contribution is 0.464. The highest BCUT2D eigenvalue weighted by atomic mass is 35.5. The van der Waals surface area contributed by atoms with E-state index in [1.54, 1.807) is 19.1 Å². The molecular formula is C8H11Cl2NO. The quantitative estimate of drug-likeness (QED) is 0.743. The van der Waals surface area contributed by atoms with Crippen molar-refractivity contribution in [2.75, 3.05) is 0 Å². The number of hydrogen-bond donors (Lipinski definition) is 2. The maximum Gasteiger partial charge on any atom is 0.123 e. The maximum absolute atomic E-state index is 9.38. The molecule has 1 rings (SSSR count). The summed E-state index contributed by atoms with van der Waals surface area (Å²) in [5.74, 6) is 0.247. The molecule has 1 aromatic carbocycles. The summed E-state index contributed by atoms with van der Waals surface area (Å²) in [4.78, 5) is 0. The minimum absolute atomic E-state index is 0. The Morgan fingerprint density at radius 2 is 2.08 bits per heavy atom. The van der Waals surface area contributed by atoms with Crippen LogP contribution in [0.3, 0.4) is 0 Å². The van der Waals surface area contributed by atoms with Crippen LogP contribution in [-0.4, -0.2) is 5.11 Å². The smallest absolute Gasteiger partial charge is 0.123 e. The molecule has 0 saturated carbocycles. The van der Waals surface area contributed by atoms with E-state index in [9.17, 15) is 5.11 Å². The summed E-state index contributed by atoms with van der Waals surface area (Å²) in [7, 11) is 0. The van der Waals surface area contributed by atoms with Crippen molar-refractivity contribution in [2.24, 2.45) is 5.73 Å². The van der Waals surface area contributed by atoms with Crippen LogP contribution in [0.2, 0.25) is 5.02 Å². The highest BCUT2D eigenvalue weighted by molar-refractivity contribution is 6.30. The van der Waals surface area contributed by atoms with Gasteiger partial charge in [-0.1, -0.05) is 11.6 Å². The predicted molar refractivity (Wildman–Crippen MR) is 53.0 cm³/mol. The average molecular weight is 208 g/mol. The summed E-state index contributed by atoms with van der Waals surface area (Å²) >= 11 is 5.73. The van der Waals surface area contributed by atoms with Gasteiger partial charge in [-0.05, 0) is 24.6 Å². The summed E-state index contributed by atoms with van der Waals surface area (Å²) in [6, 6.07) is 3.37. The first-order valence-corrected chi connectivity index (χ1v) is 3.71. The van der Waals surface area contributed by atoms with Crippen LogP contribution >= 0.6 is 24.0 Å². The SMILES string of the molecule is Cc1cc(Cl)cc(CN)c1O.Cl. The van der Waals surface area contributed by atoms with Gasteiger partial charge in [-0.25, -0.2) is 0 Å². The van der Waals surface area contributed by atoms with E-state index in [1.807, 2.05) is 0 Å². The van der Waals surface area contributed by atoms with Crippen LogP contribution in [0.25, 0.3) is 0 Å². The molecule has 0 radical (unpaired) electrons. The molecule has 68 valence electrons. The van der Waals surface area contributed by atoms with E-state index in [-0.39, 0.29) is 18.2 Å². The third kappa shape index (κ3) is 2.27. The fourth-order valence-electron chi connectivity index (χ4n) is 0.961. The number of halogens is 2. The van der Waals surface area contributed by atoms with Crippen LogP contribution in [0.15, 0.2) is 12.1 Å². The zero-order chi connectivity index (χ0) is 8.43. The van der Waals surface area contributed by atoms with E-state index in [2.05, 4.69) is 0 Å². The van der Waals surface area contributed by atoms with Crippen LogP contribution in [0, 0.1) is 6.92 Å². The second-order valence-corrected chi connectivity index (χ2v) is 2.87. The van der Waals surface area contributed by atoms with Crippen molar-refractivity contribution in [3.63, 3.8) is 0 Å². The van der Waals surface area contributed by atoms with Gasteiger partial charge in [-0.3, -0.25) is 0 Å². The lowest BCUT2D eigenvalue weighted by Gasteiger charge is -2.04. The molecule has 1 aromatic rings. The van der Waals surface area contributed by atoms with E-state index in [0.29, 0.717) is 17.1 Å². The monoisotopic (exact) mass is 207 g/mol. The van der Waals surface area contributed by atoms with Gasteiger partial charge >= 0.3 is 0 Å². The molecule has 0 fully saturated rings. The van der Waals surface area contributed by atoms with Gasteiger partial charge in [-0.2, -0.15) is 0 Å². The molecule has 0 saturated heterocycles. The molecule has 0 aliphatic rings. The number of rotatable bonds is 1. The Balaban J connectivity index is 0.00000121. The molecule has 0 atom stereocenters. The Kier molecular flexibility index (Phi) is 4.39. The summed E-state index contributed by atoms with van der Waals surface area (Å²) in [5, 5.41) is 10.00. The Bertz CT molecular complexity index is 276. The molecule has 0 bridgehead atoms. The van der Waals surface area contributed by atoms with Crippen LogP contribution < -0.4 is 5.73 Å². The van der Waals surface area contributed by atoms with Crippen molar-refractivity contribution in [3.8, 4) is 5.75 Å². The molecule has 0 spiro atoms. The van der Waals surface area contributed by atoms with Crippen LogP contribution in [0.1, 0.15) is 11.1 Å². The highest BCUT2D eigenvalue weighted by Gasteiger charge is 2.03. The van der Waals surface area contributed by atoms with Gasteiger partial charge in [-0.15, -0.1) is 12.4 Å². The number of nitrogens with two attached hydrogens (primary N) is 1. The Morgan fingerprint density at radius 3 is 2.58 bits per heavy atom. The van der Waals surface area contributed by atoms with Crippen molar-refractivity contribution >= 4 is 24.0 Å². The van der Waals surface area contributed by atoms with Gasteiger partial charge in [0.25, 0.3) is 0 Å². The van der Waals surface area contributed by atoms with Gasteiger partial charge < -0.3 is 10.8 Å². The number of hydrogen-bond acceptors (Lipinski definition) is 2. The standard InChI is InChI=1S/C8H10ClNO.ClH/c1-5-2-7(9)3-6(4-10)8(5)11;/h2-3,11H,4,10H2,1H3;1H. The first-order chi connectivity index (χ1) is 5.15. The van der Waals surface area contributed by atoms with Gasteiger partial charge in [0, 0.05) is 17.1 Å². The van der Waals surface area contributed by atoms with E-state index in [4.69, 9.17) is 17.3 Å².